The Kier molecular flexibility index (Phi) is 5.88. The van der Waals surface area contributed by atoms with E-state index in [1.807, 2.05) is 11.0 Å². The molecule has 1 aliphatic rings. The van der Waals surface area contributed by atoms with Gasteiger partial charge in [0.15, 0.2) is 5.82 Å². The number of halogens is 3. The molecule has 0 N–H and O–H groups in total. The maximum atomic E-state index is 16.1. The molecule has 1 aliphatic heterocycles. The van der Waals surface area contributed by atoms with Gasteiger partial charge in [-0.1, -0.05) is 30.8 Å². The second kappa shape index (κ2) is 9.02. The van der Waals surface area contributed by atoms with E-state index in [1.165, 1.54) is 24.5 Å². The topological polar surface area (TPSA) is 49.3 Å². The Morgan fingerprint density at radius 1 is 1.06 bits per heavy atom. The molecule has 8 heteroatoms. The lowest BCUT2D eigenvalue weighted by molar-refractivity contribution is -0.126. The molecule has 35 heavy (non-hydrogen) atoms. The molecule has 0 saturated carbocycles. The molecule has 0 spiro atoms. The minimum Gasteiger partial charge on any atom is -0.352 e. The van der Waals surface area contributed by atoms with Gasteiger partial charge >= 0.3 is 0 Å². The molecule has 0 radical (unpaired) electrons. The molecular weight excluding hydrogens is 453 g/mol. The van der Waals surface area contributed by atoms with Crippen LogP contribution in [0.25, 0.3) is 32.8 Å². The van der Waals surface area contributed by atoms with Crippen molar-refractivity contribution >= 4 is 33.4 Å². The molecule has 5 nitrogen and oxygen atoms in total. The van der Waals surface area contributed by atoms with Crippen molar-refractivity contribution in [3.63, 3.8) is 0 Å². The number of carbonyl (C=O) groups excluding carboxylic acids is 1. The first kappa shape index (κ1) is 22.8. The number of benzene rings is 3. The number of aromatic nitrogens is 2. The van der Waals surface area contributed by atoms with Crippen molar-refractivity contribution in [3.05, 3.63) is 78.4 Å². The molecule has 0 aliphatic carbocycles. The number of hydrogen-bond acceptors (Lipinski definition) is 4. The number of fused-ring (bicyclic) bond motifs is 2. The molecular formula is C27H23F3N4O. The Morgan fingerprint density at radius 3 is 2.51 bits per heavy atom. The van der Waals surface area contributed by atoms with Gasteiger partial charge in [0.05, 0.1) is 0 Å². The average Bonchev–Trinajstić information content (AvgIpc) is 2.88. The van der Waals surface area contributed by atoms with E-state index in [-0.39, 0.29) is 22.6 Å². The summed E-state index contributed by atoms with van der Waals surface area (Å²) in [7, 11) is 0. The second-order valence-corrected chi connectivity index (χ2v) is 8.58. The summed E-state index contributed by atoms with van der Waals surface area (Å²) in [4.78, 5) is 24.3. The van der Waals surface area contributed by atoms with Crippen LogP contribution in [0.15, 0.2) is 61.4 Å². The molecule has 1 aromatic heterocycles. The van der Waals surface area contributed by atoms with Gasteiger partial charge in [-0.2, -0.15) is 0 Å². The number of aryl methyl sites for hydroxylation is 1. The normalized spacial score (nSPS) is 14.2. The lowest BCUT2D eigenvalue weighted by Crippen LogP contribution is -2.48. The number of carbonyl (C=O) groups is 1. The van der Waals surface area contributed by atoms with Crippen molar-refractivity contribution in [1.29, 1.82) is 0 Å². The Hall–Kier alpha value is -3.94. The highest BCUT2D eigenvalue weighted by Crippen LogP contribution is 2.39. The summed E-state index contributed by atoms with van der Waals surface area (Å²) >= 11 is 0. The van der Waals surface area contributed by atoms with E-state index in [0.717, 1.165) is 0 Å². The molecule has 1 fully saturated rings. The summed E-state index contributed by atoms with van der Waals surface area (Å²) in [5.41, 5.74) is 1.23. The Bertz CT molecular complexity index is 1460. The first-order chi connectivity index (χ1) is 16.9. The van der Waals surface area contributed by atoms with Crippen molar-refractivity contribution in [3.8, 4) is 11.1 Å². The van der Waals surface area contributed by atoms with Crippen molar-refractivity contribution in [2.24, 2.45) is 0 Å². The van der Waals surface area contributed by atoms with Gasteiger partial charge in [0.25, 0.3) is 6.43 Å². The first-order valence-corrected chi connectivity index (χ1v) is 11.3. The summed E-state index contributed by atoms with van der Waals surface area (Å²) in [6.45, 7) is 7.37. The van der Waals surface area contributed by atoms with Crippen molar-refractivity contribution < 1.29 is 18.0 Å². The average molecular weight is 477 g/mol. The highest BCUT2D eigenvalue weighted by atomic mass is 19.3. The van der Waals surface area contributed by atoms with Crippen LogP contribution in [-0.2, 0) is 4.79 Å². The molecule has 3 aromatic carbocycles. The quantitative estimate of drug-likeness (QED) is 0.356. The summed E-state index contributed by atoms with van der Waals surface area (Å²) in [5, 5.41) is 1.86. The highest BCUT2D eigenvalue weighted by Gasteiger charge is 2.25. The van der Waals surface area contributed by atoms with E-state index in [9.17, 15) is 13.6 Å². The monoisotopic (exact) mass is 476 g/mol. The number of hydrogen-bond donors (Lipinski definition) is 0. The van der Waals surface area contributed by atoms with E-state index in [1.54, 1.807) is 36.1 Å². The van der Waals surface area contributed by atoms with Gasteiger partial charge in [0.2, 0.25) is 5.91 Å². The van der Waals surface area contributed by atoms with Crippen molar-refractivity contribution in [2.45, 2.75) is 13.3 Å². The van der Waals surface area contributed by atoms with Crippen LogP contribution < -0.4 is 4.90 Å². The fourth-order valence-corrected chi connectivity index (χ4v) is 4.79. The maximum Gasteiger partial charge on any atom is 0.263 e. The molecule has 4 aromatic rings. The van der Waals surface area contributed by atoms with Gasteiger partial charge in [0.1, 0.15) is 17.7 Å². The molecule has 5 rings (SSSR count). The van der Waals surface area contributed by atoms with Crippen LogP contribution in [0.4, 0.5) is 19.0 Å². The van der Waals surface area contributed by atoms with Crippen molar-refractivity contribution in [2.75, 3.05) is 31.1 Å². The number of amides is 1. The minimum absolute atomic E-state index is 0.123. The molecule has 0 unspecified atom stereocenters. The lowest BCUT2D eigenvalue weighted by Gasteiger charge is -2.35. The number of nitrogens with zero attached hydrogens (tertiary/aromatic N) is 4. The number of rotatable bonds is 4. The minimum atomic E-state index is -2.68. The molecule has 1 saturated heterocycles. The van der Waals surface area contributed by atoms with Gasteiger partial charge in [-0.05, 0) is 53.1 Å². The van der Waals surface area contributed by atoms with Crippen LogP contribution >= 0.6 is 0 Å². The maximum absolute atomic E-state index is 16.1. The third kappa shape index (κ3) is 3.99. The van der Waals surface area contributed by atoms with Gasteiger partial charge in [0, 0.05) is 42.7 Å². The third-order valence-corrected chi connectivity index (χ3v) is 6.52. The van der Waals surface area contributed by atoms with E-state index in [2.05, 4.69) is 16.5 Å². The molecule has 0 atom stereocenters. The van der Waals surface area contributed by atoms with Gasteiger partial charge in [-0.25, -0.2) is 23.1 Å². The second-order valence-electron chi connectivity index (χ2n) is 8.58. The van der Waals surface area contributed by atoms with Crippen molar-refractivity contribution in [1.82, 2.24) is 14.9 Å². The summed E-state index contributed by atoms with van der Waals surface area (Å²) in [5.74, 6) is -0.108. The van der Waals surface area contributed by atoms with Gasteiger partial charge < -0.3 is 9.80 Å². The smallest absolute Gasteiger partial charge is 0.263 e. The van der Waals surface area contributed by atoms with Gasteiger partial charge in [-0.3, -0.25) is 4.79 Å². The molecule has 2 heterocycles. The van der Waals surface area contributed by atoms with Crippen LogP contribution in [0.3, 0.4) is 0 Å². The van der Waals surface area contributed by atoms with Crippen LogP contribution in [0, 0.1) is 12.7 Å². The summed E-state index contributed by atoms with van der Waals surface area (Å²) in [6.07, 6.45) is -0.0693. The van der Waals surface area contributed by atoms with Crippen LogP contribution in [0.2, 0.25) is 0 Å². The standard InChI is InChI=1S/C27H23F3N4O/c1-3-22(35)33-8-10-34(11-9-33)27-21-12-16(2)23(24(28)25(21)31-15-32-27)20-14-18(26(29)30)13-17-6-4-5-7-19(17)20/h3-7,12-15,26H,1,8-11H2,2H3. The van der Waals surface area contributed by atoms with Crippen LogP contribution in [-0.4, -0.2) is 47.0 Å². The van der Waals surface area contributed by atoms with Crippen LogP contribution in [0.1, 0.15) is 17.6 Å². The third-order valence-electron chi connectivity index (χ3n) is 6.52. The fourth-order valence-electron chi connectivity index (χ4n) is 4.79. The van der Waals surface area contributed by atoms with Crippen LogP contribution in [0.5, 0.6) is 0 Å². The highest BCUT2D eigenvalue weighted by molar-refractivity contribution is 6.02. The Balaban J connectivity index is 1.64. The largest absolute Gasteiger partial charge is 0.352 e. The van der Waals surface area contributed by atoms with E-state index in [0.29, 0.717) is 59.3 Å². The predicted octanol–water partition coefficient (Wildman–Crippen LogP) is 5.67. The predicted molar refractivity (Wildman–Crippen MR) is 131 cm³/mol. The van der Waals surface area contributed by atoms with Gasteiger partial charge in [-0.15, -0.1) is 0 Å². The Morgan fingerprint density at radius 2 is 1.80 bits per heavy atom. The zero-order valence-corrected chi connectivity index (χ0v) is 19.1. The summed E-state index contributed by atoms with van der Waals surface area (Å²) in [6, 6.07) is 11.7. The Labute approximate surface area is 200 Å². The number of anilines is 1. The first-order valence-electron chi connectivity index (χ1n) is 11.3. The molecule has 1 amide bonds. The molecule has 178 valence electrons. The zero-order chi connectivity index (χ0) is 24.7. The number of piperazine rings is 1. The zero-order valence-electron chi connectivity index (χ0n) is 19.1. The van der Waals surface area contributed by atoms with E-state index in [4.69, 9.17) is 0 Å². The number of alkyl halides is 2. The van der Waals surface area contributed by atoms with E-state index >= 15 is 4.39 Å². The lowest BCUT2D eigenvalue weighted by atomic mass is 9.91. The van der Waals surface area contributed by atoms with E-state index < -0.39 is 12.2 Å². The summed E-state index contributed by atoms with van der Waals surface area (Å²) < 4.78 is 43.4. The SMILES string of the molecule is C=CC(=O)N1CCN(c2ncnc3c(F)c(-c4cc(C(F)F)cc5ccccc45)c(C)cc23)CC1. The fraction of sp³-hybridized carbons (Fsp3) is 0.222. The molecule has 0 bridgehead atoms.